The minimum atomic E-state index is -3.44. The zero-order chi connectivity index (χ0) is 27.0. The molecule has 3 aromatic rings. The van der Waals surface area contributed by atoms with Gasteiger partial charge >= 0.3 is 0 Å². The van der Waals surface area contributed by atoms with Crippen LogP contribution >= 0.6 is 0 Å². The van der Waals surface area contributed by atoms with E-state index in [1.54, 1.807) is 35.2 Å². The van der Waals surface area contributed by atoms with Crippen molar-refractivity contribution in [3.63, 3.8) is 0 Å². The predicted octanol–water partition coefficient (Wildman–Crippen LogP) is 4.71. The number of nitrogens with one attached hydrogen (secondary N) is 1. The highest BCUT2D eigenvalue weighted by Gasteiger charge is 2.42. The summed E-state index contributed by atoms with van der Waals surface area (Å²) in [5, 5.41) is 3.00. The second kappa shape index (κ2) is 10.3. The predicted molar refractivity (Wildman–Crippen MR) is 139 cm³/mol. The number of carbonyl (C=O) groups excluding carboxylic acids is 2. The number of fused-ring (bicyclic) bond motifs is 1. The number of amides is 2. The minimum Gasteiger partial charge on any atom is -0.349 e. The molecule has 6 nitrogen and oxygen atoms in total. The molecule has 38 heavy (non-hydrogen) atoms. The van der Waals surface area contributed by atoms with Crippen LogP contribution in [0.4, 0.5) is 8.78 Å². The van der Waals surface area contributed by atoms with Crippen LogP contribution in [0.25, 0.3) is 11.1 Å². The third-order valence-corrected chi connectivity index (χ3v) is 8.71. The highest BCUT2D eigenvalue weighted by Crippen LogP contribution is 2.37. The summed E-state index contributed by atoms with van der Waals surface area (Å²) in [6.07, 6.45) is 3.63. The number of rotatable bonds is 5. The lowest BCUT2D eigenvalue weighted by Crippen LogP contribution is -2.45. The van der Waals surface area contributed by atoms with E-state index in [1.165, 1.54) is 36.4 Å². The molecule has 1 heterocycles. The Hall–Kier alpha value is -3.59. The molecule has 3 atom stereocenters. The molecule has 0 unspecified atom stereocenters. The number of carbonyl (C=O) groups is 2. The molecule has 9 heteroatoms. The van der Waals surface area contributed by atoms with Crippen molar-refractivity contribution >= 4 is 21.7 Å². The Morgan fingerprint density at radius 1 is 0.921 bits per heavy atom. The SMILES string of the molecule is CS(=O)(=O)c1cccc(C(=O)N2C[C@H]3CCC[C@@H](NC(=O)c4ccc(-c5ccc(F)cc5)cc4F)[C@H]3C2)c1. The van der Waals surface area contributed by atoms with E-state index < -0.39 is 21.6 Å². The molecular weight excluding hydrogens is 510 g/mol. The monoisotopic (exact) mass is 538 g/mol. The number of benzene rings is 3. The number of nitrogens with zero attached hydrogens (tertiary/aromatic N) is 1. The molecule has 1 aliphatic carbocycles. The van der Waals surface area contributed by atoms with Gasteiger partial charge in [-0.1, -0.05) is 30.7 Å². The molecule has 5 rings (SSSR count). The number of hydrogen-bond acceptors (Lipinski definition) is 4. The van der Waals surface area contributed by atoms with Gasteiger partial charge in [0.15, 0.2) is 9.84 Å². The van der Waals surface area contributed by atoms with Crippen LogP contribution in [0.2, 0.25) is 0 Å². The quantitative estimate of drug-likeness (QED) is 0.510. The third-order valence-electron chi connectivity index (χ3n) is 7.60. The molecule has 1 N–H and O–H groups in total. The van der Waals surface area contributed by atoms with Crippen LogP contribution in [-0.2, 0) is 9.84 Å². The van der Waals surface area contributed by atoms with E-state index in [1.807, 2.05) is 0 Å². The van der Waals surface area contributed by atoms with Gasteiger partial charge in [-0.25, -0.2) is 17.2 Å². The van der Waals surface area contributed by atoms with Gasteiger partial charge in [-0.2, -0.15) is 0 Å². The van der Waals surface area contributed by atoms with Crippen molar-refractivity contribution in [3.05, 3.63) is 89.5 Å². The fraction of sp³-hybridized carbons (Fsp3) is 0.310. The van der Waals surface area contributed by atoms with Gasteiger partial charge in [0.1, 0.15) is 11.6 Å². The first-order valence-corrected chi connectivity index (χ1v) is 14.4. The number of likely N-dealkylation sites (tertiary alicyclic amines) is 1. The molecule has 0 spiro atoms. The van der Waals surface area contributed by atoms with Crippen molar-refractivity contribution < 1.29 is 26.8 Å². The average Bonchev–Trinajstić information content (AvgIpc) is 3.33. The summed E-state index contributed by atoms with van der Waals surface area (Å²) < 4.78 is 52.0. The van der Waals surface area contributed by atoms with Gasteiger partial charge in [0.25, 0.3) is 11.8 Å². The topological polar surface area (TPSA) is 83.6 Å². The molecule has 1 saturated carbocycles. The maximum absolute atomic E-state index is 14.9. The second-order valence-corrected chi connectivity index (χ2v) is 12.2. The van der Waals surface area contributed by atoms with Gasteiger partial charge in [-0.05, 0) is 72.4 Å². The molecule has 1 saturated heterocycles. The zero-order valence-electron chi connectivity index (χ0n) is 20.9. The molecule has 2 amide bonds. The summed E-state index contributed by atoms with van der Waals surface area (Å²) in [6.45, 7) is 0.962. The molecule has 3 aromatic carbocycles. The Kier molecular flexibility index (Phi) is 7.05. The van der Waals surface area contributed by atoms with Crippen molar-refractivity contribution in [1.82, 2.24) is 10.2 Å². The van der Waals surface area contributed by atoms with Crippen molar-refractivity contribution in [1.29, 1.82) is 0 Å². The molecule has 2 fully saturated rings. The highest BCUT2D eigenvalue weighted by molar-refractivity contribution is 7.90. The first-order valence-electron chi connectivity index (χ1n) is 12.6. The summed E-state index contributed by atoms with van der Waals surface area (Å²) in [6, 6.07) is 15.9. The van der Waals surface area contributed by atoms with Crippen LogP contribution < -0.4 is 5.32 Å². The largest absolute Gasteiger partial charge is 0.349 e. The number of halogens is 2. The lowest BCUT2D eigenvalue weighted by molar-refractivity contribution is 0.0782. The Bertz CT molecular complexity index is 1490. The zero-order valence-corrected chi connectivity index (χ0v) is 21.7. The van der Waals surface area contributed by atoms with Crippen molar-refractivity contribution in [2.24, 2.45) is 11.8 Å². The van der Waals surface area contributed by atoms with E-state index in [-0.39, 0.29) is 40.1 Å². The third kappa shape index (κ3) is 5.34. The summed E-state index contributed by atoms with van der Waals surface area (Å²) in [4.78, 5) is 28.1. The normalized spacial score (nSPS) is 21.1. The maximum Gasteiger partial charge on any atom is 0.254 e. The van der Waals surface area contributed by atoms with Crippen molar-refractivity contribution in [3.8, 4) is 11.1 Å². The molecule has 1 aliphatic heterocycles. The highest BCUT2D eigenvalue weighted by atomic mass is 32.2. The fourth-order valence-corrected chi connectivity index (χ4v) is 6.29. The smallest absolute Gasteiger partial charge is 0.254 e. The molecule has 2 aliphatic rings. The van der Waals surface area contributed by atoms with Gasteiger partial charge in [-0.3, -0.25) is 9.59 Å². The minimum absolute atomic E-state index is 0.0243. The van der Waals surface area contributed by atoms with E-state index >= 15 is 0 Å². The first kappa shape index (κ1) is 26.0. The summed E-state index contributed by atoms with van der Waals surface area (Å²) in [7, 11) is -3.44. The molecule has 0 radical (unpaired) electrons. The second-order valence-electron chi connectivity index (χ2n) is 10.1. The van der Waals surface area contributed by atoms with Crippen LogP contribution in [0.5, 0.6) is 0 Å². The lowest BCUT2D eigenvalue weighted by atomic mass is 9.78. The van der Waals surface area contributed by atoms with E-state index in [2.05, 4.69) is 5.32 Å². The summed E-state index contributed by atoms with van der Waals surface area (Å²) in [5.74, 6) is -1.57. The average molecular weight is 539 g/mol. The van der Waals surface area contributed by atoms with Crippen molar-refractivity contribution in [2.45, 2.75) is 30.2 Å². The van der Waals surface area contributed by atoms with Crippen LogP contribution in [0.15, 0.2) is 71.6 Å². The Labute approximate surface area is 220 Å². The Balaban J connectivity index is 1.28. The van der Waals surface area contributed by atoms with Gasteiger partial charge < -0.3 is 10.2 Å². The molecular formula is C29H28F2N2O4S. The van der Waals surface area contributed by atoms with Crippen LogP contribution in [-0.4, -0.2) is 50.5 Å². The summed E-state index contributed by atoms with van der Waals surface area (Å²) in [5.41, 5.74) is 1.43. The van der Waals surface area contributed by atoms with Crippen LogP contribution in [0.3, 0.4) is 0 Å². The van der Waals surface area contributed by atoms with E-state index in [0.29, 0.717) is 29.8 Å². The van der Waals surface area contributed by atoms with E-state index in [4.69, 9.17) is 0 Å². The van der Waals surface area contributed by atoms with Gasteiger partial charge in [-0.15, -0.1) is 0 Å². The summed E-state index contributed by atoms with van der Waals surface area (Å²) >= 11 is 0. The standard InChI is InChI=1S/C29H28F2N2O4S/c1-38(36,37)23-6-2-4-20(14-23)29(35)33-16-21-5-3-7-27(25(21)17-33)32-28(34)24-13-10-19(15-26(24)31)18-8-11-22(30)12-9-18/h2,4,6,8-15,21,25,27H,3,5,7,16-17H2,1H3,(H,32,34)/t21-,25+,27-/m1/s1. The van der Waals surface area contributed by atoms with E-state index in [9.17, 15) is 26.8 Å². The fourth-order valence-electron chi connectivity index (χ4n) is 5.63. The van der Waals surface area contributed by atoms with E-state index in [0.717, 1.165) is 25.5 Å². The van der Waals surface area contributed by atoms with Crippen LogP contribution in [0.1, 0.15) is 40.0 Å². The number of sulfone groups is 1. The molecule has 198 valence electrons. The van der Waals surface area contributed by atoms with Gasteiger partial charge in [0.2, 0.25) is 0 Å². The Morgan fingerprint density at radius 3 is 2.37 bits per heavy atom. The van der Waals surface area contributed by atoms with Gasteiger partial charge in [0.05, 0.1) is 10.5 Å². The Morgan fingerprint density at radius 2 is 1.66 bits per heavy atom. The number of hydrogen-bond donors (Lipinski definition) is 1. The molecule has 0 aromatic heterocycles. The van der Waals surface area contributed by atoms with Crippen LogP contribution in [0, 0.1) is 23.5 Å². The first-order chi connectivity index (χ1) is 18.1. The van der Waals surface area contributed by atoms with Crippen molar-refractivity contribution in [2.75, 3.05) is 19.3 Å². The van der Waals surface area contributed by atoms with Gasteiger partial charge in [0, 0.05) is 36.9 Å². The maximum atomic E-state index is 14.9. The lowest BCUT2D eigenvalue weighted by Gasteiger charge is -2.33. The molecule has 0 bridgehead atoms.